The van der Waals surface area contributed by atoms with E-state index in [9.17, 15) is 19.1 Å². The summed E-state index contributed by atoms with van der Waals surface area (Å²) in [6, 6.07) is 11.2. The summed E-state index contributed by atoms with van der Waals surface area (Å²) < 4.78 is 14.0. The minimum atomic E-state index is -1.37. The lowest BCUT2D eigenvalue weighted by atomic mass is 10.1. The summed E-state index contributed by atoms with van der Waals surface area (Å²) in [5.74, 6) is -2.62. The second-order valence-electron chi connectivity index (χ2n) is 5.23. The molecule has 0 bridgehead atoms. The lowest BCUT2D eigenvalue weighted by Gasteiger charge is -2.30. The summed E-state index contributed by atoms with van der Waals surface area (Å²) in [5.41, 5.74) is 0.431. The molecular formula is C17H12ClFNO3S-. The molecule has 2 aromatic carbocycles. The average Bonchev–Trinajstić information content (AvgIpc) is 3.00. The number of carboxylic acids is 1. The van der Waals surface area contributed by atoms with E-state index in [0.717, 1.165) is 11.0 Å². The molecule has 0 unspecified atom stereocenters. The van der Waals surface area contributed by atoms with Crippen LogP contribution in [0.15, 0.2) is 48.5 Å². The fourth-order valence-corrected chi connectivity index (χ4v) is 4.38. The first-order valence-electron chi connectivity index (χ1n) is 7.15. The Balaban J connectivity index is 2.05. The van der Waals surface area contributed by atoms with Crippen LogP contribution in [0, 0.1) is 5.82 Å². The second kappa shape index (κ2) is 6.83. The van der Waals surface area contributed by atoms with E-state index in [1.165, 1.54) is 30.0 Å². The van der Waals surface area contributed by atoms with Gasteiger partial charge in [0, 0.05) is 16.3 Å². The summed E-state index contributed by atoms with van der Waals surface area (Å²) >= 11 is 7.45. The van der Waals surface area contributed by atoms with Crippen molar-refractivity contribution >= 4 is 35.2 Å². The van der Waals surface area contributed by atoms with Gasteiger partial charge in [0.2, 0.25) is 0 Å². The zero-order valence-corrected chi connectivity index (χ0v) is 13.9. The van der Waals surface area contributed by atoms with Crippen molar-refractivity contribution in [2.75, 3.05) is 5.75 Å². The van der Waals surface area contributed by atoms with Crippen molar-refractivity contribution in [2.45, 2.75) is 11.4 Å². The molecule has 1 amide bonds. The molecule has 1 aliphatic rings. The largest absolute Gasteiger partial charge is 0.548 e. The Morgan fingerprint density at radius 1 is 1.17 bits per heavy atom. The number of carbonyl (C=O) groups excluding carboxylic acids is 2. The normalized spacial score (nSPS) is 20.2. The van der Waals surface area contributed by atoms with E-state index in [2.05, 4.69) is 0 Å². The van der Waals surface area contributed by atoms with Crippen LogP contribution in [0.25, 0.3) is 0 Å². The van der Waals surface area contributed by atoms with Gasteiger partial charge in [0.05, 0.1) is 17.6 Å². The van der Waals surface area contributed by atoms with Gasteiger partial charge in [-0.05, 0) is 18.2 Å². The Morgan fingerprint density at radius 3 is 2.50 bits per heavy atom. The van der Waals surface area contributed by atoms with Crippen molar-refractivity contribution < 1.29 is 19.1 Å². The third-order valence-electron chi connectivity index (χ3n) is 3.78. The van der Waals surface area contributed by atoms with Crippen LogP contribution < -0.4 is 5.11 Å². The van der Waals surface area contributed by atoms with Crippen LogP contribution in [0.4, 0.5) is 4.39 Å². The Bertz CT molecular complexity index is 801. The van der Waals surface area contributed by atoms with Gasteiger partial charge in [-0.3, -0.25) is 4.79 Å². The molecule has 0 spiro atoms. The lowest BCUT2D eigenvalue weighted by Crippen LogP contribution is -2.49. The highest BCUT2D eigenvalue weighted by molar-refractivity contribution is 7.99. The Morgan fingerprint density at radius 2 is 1.83 bits per heavy atom. The molecule has 7 heteroatoms. The maximum atomic E-state index is 14.0. The zero-order valence-electron chi connectivity index (χ0n) is 12.3. The van der Waals surface area contributed by atoms with Crippen molar-refractivity contribution in [3.8, 4) is 0 Å². The second-order valence-corrected chi connectivity index (χ2v) is 6.75. The summed E-state index contributed by atoms with van der Waals surface area (Å²) in [7, 11) is 0. The van der Waals surface area contributed by atoms with Gasteiger partial charge in [-0.15, -0.1) is 11.8 Å². The first kappa shape index (κ1) is 16.8. The Hall–Kier alpha value is -2.05. The third-order valence-corrected chi connectivity index (χ3v) is 5.43. The summed E-state index contributed by atoms with van der Waals surface area (Å²) in [4.78, 5) is 25.4. The Kier molecular flexibility index (Phi) is 4.78. The van der Waals surface area contributed by atoms with Crippen LogP contribution in [0.5, 0.6) is 0 Å². The number of halogens is 2. The van der Waals surface area contributed by atoms with Crippen molar-refractivity contribution in [1.29, 1.82) is 0 Å². The number of thioether (sulfide) groups is 1. The SMILES string of the molecule is O=C([O-])[C@@H]1CS[C@@H](c2ccccc2Cl)N1C(=O)c1ccccc1F. The van der Waals surface area contributed by atoms with E-state index in [1.807, 2.05) is 0 Å². The molecular weight excluding hydrogens is 353 g/mol. The fraction of sp³-hybridized carbons (Fsp3) is 0.176. The van der Waals surface area contributed by atoms with Gasteiger partial charge in [0.15, 0.2) is 0 Å². The van der Waals surface area contributed by atoms with Crippen LogP contribution in [-0.4, -0.2) is 28.6 Å². The smallest absolute Gasteiger partial charge is 0.258 e. The third kappa shape index (κ3) is 2.99. The van der Waals surface area contributed by atoms with E-state index in [4.69, 9.17) is 11.6 Å². The average molecular weight is 365 g/mol. The van der Waals surface area contributed by atoms with Crippen LogP contribution in [-0.2, 0) is 4.79 Å². The first-order valence-corrected chi connectivity index (χ1v) is 8.57. The minimum Gasteiger partial charge on any atom is -0.548 e. The minimum absolute atomic E-state index is 0.151. The van der Waals surface area contributed by atoms with Crippen molar-refractivity contribution in [2.24, 2.45) is 0 Å². The van der Waals surface area contributed by atoms with Gasteiger partial charge in [0.25, 0.3) is 5.91 Å². The molecule has 124 valence electrons. The van der Waals surface area contributed by atoms with Gasteiger partial charge < -0.3 is 14.8 Å². The predicted octanol–water partition coefficient (Wildman–Crippen LogP) is 2.49. The van der Waals surface area contributed by atoms with Crippen molar-refractivity contribution in [3.63, 3.8) is 0 Å². The van der Waals surface area contributed by atoms with Crippen LogP contribution in [0.3, 0.4) is 0 Å². The molecule has 1 aliphatic heterocycles. The lowest BCUT2D eigenvalue weighted by molar-refractivity contribution is -0.310. The Labute approximate surface area is 147 Å². The van der Waals surface area contributed by atoms with Gasteiger partial charge in [-0.2, -0.15) is 0 Å². The maximum absolute atomic E-state index is 14.0. The van der Waals surface area contributed by atoms with E-state index in [-0.39, 0.29) is 11.3 Å². The quantitative estimate of drug-likeness (QED) is 0.839. The van der Waals surface area contributed by atoms with Gasteiger partial charge in [-0.25, -0.2) is 4.39 Å². The van der Waals surface area contributed by atoms with E-state index in [0.29, 0.717) is 10.6 Å². The molecule has 1 heterocycles. The standard InChI is InChI=1S/C17H13ClFNO3S/c18-12-7-3-1-5-10(12)16-20(14(9-24-16)17(22)23)15(21)11-6-2-4-8-13(11)19/h1-8,14,16H,9H2,(H,22,23)/p-1/t14-,16-/m0/s1. The highest BCUT2D eigenvalue weighted by atomic mass is 35.5. The molecule has 0 radical (unpaired) electrons. The number of carboxylic acid groups (broad SMARTS) is 1. The van der Waals surface area contributed by atoms with E-state index in [1.54, 1.807) is 24.3 Å². The molecule has 3 rings (SSSR count). The number of hydrogen-bond acceptors (Lipinski definition) is 4. The molecule has 0 aromatic heterocycles. The molecule has 1 saturated heterocycles. The number of benzene rings is 2. The molecule has 4 nitrogen and oxygen atoms in total. The van der Waals surface area contributed by atoms with Gasteiger partial charge in [0.1, 0.15) is 11.2 Å². The topological polar surface area (TPSA) is 60.4 Å². The molecule has 24 heavy (non-hydrogen) atoms. The van der Waals surface area contributed by atoms with Crippen molar-refractivity contribution in [3.05, 3.63) is 70.5 Å². The van der Waals surface area contributed by atoms with Crippen LogP contribution >= 0.6 is 23.4 Å². The monoisotopic (exact) mass is 364 g/mol. The predicted molar refractivity (Wildman–Crippen MR) is 88.0 cm³/mol. The number of carbonyl (C=O) groups is 2. The van der Waals surface area contributed by atoms with E-state index >= 15 is 0 Å². The highest BCUT2D eigenvalue weighted by Gasteiger charge is 2.40. The summed E-state index contributed by atoms with van der Waals surface area (Å²) in [6.45, 7) is 0. The maximum Gasteiger partial charge on any atom is 0.258 e. The van der Waals surface area contributed by atoms with Crippen molar-refractivity contribution in [1.82, 2.24) is 4.90 Å². The molecule has 2 atom stereocenters. The summed E-state index contributed by atoms with van der Waals surface area (Å²) in [5, 5.41) is 11.2. The highest BCUT2D eigenvalue weighted by Crippen LogP contribution is 2.44. The molecule has 0 aliphatic carbocycles. The number of nitrogens with zero attached hydrogens (tertiary/aromatic N) is 1. The molecule has 1 fully saturated rings. The molecule has 0 saturated carbocycles. The molecule has 0 N–H and O–H groups in total. The fourth-order valence-electron chi connectivity index (χ4n) is 2.62. The van der Waals surface area contributed by atoms with Gasteiger partial charge in [-0.1, -0.05) is 41.9 Å². The summed E-state index contributed by atoms with van der Waals surface area (Å²) in [6.07, 6.45) is 0. The van der Waals surface area contributed by atoms with E-state index < -0.39 is 29.1 Å². The molecule has 2 aromatic rings. The number of aliphatic carboxylic acids is 1. The number of amides is 1. The van der Waals surface area contributed by atoms with Gasteiger partial charge >= 0.3 is 0 Å². The zero-order chi connectivity index (χ0) is 17.3. The number of rotatable bonds is 3. The first-order chi connectivity index (χ1) is 11.5. The van der Waals surface area contributed by atoms with Crippen LogP contribution in [0.1, 0.15) is 21.3 Å². The number of hydrogen-bond donors (Lipinski definition) is 0. The van der Waals surface area contributed by atoms with Crippen LogP contribution in [0.2, 0.25) is 5.02 Å².